The van der Waals surface area contributed by atoms with E-state index in [2.05, 4.69) is 80.3 Å². The summed E-state index contributed by atoms with van der Waals surface area (Å²) in [5, 5.41) is 14.9. The molecule has 0 atom stereocenters. The smallest absolute Gasteiger partial charge is 0.0695 e. The summed E-state index contributed by atoms with van der Waals surface area (Å²) in [6.07, 6.45) is 12.6. The van der Waals surface area contributed by atoms with Crippen LogP contribution in [0.1, 0.15) is 64.2 Å². The van der Waals surface area contributed by atoms with Gasteiger partial charge in [0.15, 0.2) is 0 Å². The first-order valence-corrected chi connectivity index (χ1v) is 20.2. The molecule has 7 nitrogen and oxygen atoms in total. The molecule has 53 heavy (non-hydrogen) atoms. The van der Waals surface area contributed by atoms with Gasteiger partial charge in [0.05, 0.1) is 22.4 Å². The van der Waals surface area contributed by atoms with E-state index in [1.165, 1.54) is 88.5 Å². The lowest BCUT2D eigenvalue weighted by atomic mass is 10.0. The van der Waals surface area contributed by atoms with Gasteiger partial charge < -0.3 is 36.6 Å². The summed E-state index contributed by atoms with van der Waals surface area (Å²) < 4.78 is 0. The van der Waals surface area contributed by atoms with Gasteiger partial charge in [-0.05, 0) is 130 Å². The summed E-state index contributed by atoms with van der Waals surface area (Å²) in [5.41, 5.74) is 16.8. The Kier molecular flexibility index (Phi) is 10.8. The number of nitrogens with two attached hydrogens (primary N) is 1. The molecule has 0 radical (unpaired) electrons. The number of halogens is 2. The molecule has 2 aliphatic carbocycles. The molecule has 6 aromatic rings. The van der Waals surface area contributed by atoms with Gasteiger partial charge in [-0.15, -0.1) is 0 Å². The predicted molar refractivity (Wildman–Crippen MR) is 228 cm³/mol. The van der Waals surface area contributed by atoms with E-state index in [0.717, 1.165) is 65.9 Å². The van der Waals surface area contributed by atoms with Crippen molar-refractivity contribution in [1.82, 2.24) is 14.9 Å². The third kappa shape index (κ3) is 8.59. The molecule has 0 bridgehead atoms. The summed E-state index contributed by atoms with van der Waals surface area (Å²) in [5.74, 6) is 0. The Balaban J connectivity index is 0.000000156. The maximum atomic E-state index is 6.42. The van der Waals surface area contributed by atoms with Crippen LogP contribution in [-0.2, 0) is 0 Å². The quantitative estimate of drug-likeness (QED) is 0.0871. The van der Waals surface area contributed by atoms with E-state index in [0.29, 0.717) is 18.1 Å². The molecule has 0 unspecified atom stereocenters. The number of piperidine rings is 1. The summed E-state index contributed by atoms with van der Waals surface area (Å²) in [6.45, 7) is 2.34. The molecule has 3 aliphatic rings. The van der Waals surface area contributed by atoms with Crippen molar-refractivity contribution < 1.29 is 0 Å². The van der Waals surface area contributed by atoms with Crippen molar-refractivity contribution in [2.75, 3.05) is 41.8 Å². The molecule has 0 spiro atoms. The molecule has 9 heteroatoms. The minimum Gasteiger partial charge on any atom is -0.399 e. The fourth-order valence-corrected chi connectivity index (χ4v) is 8.78. The SMILES string of the molecule is CN1CCC(Nc2ccc(-c3cc4cc(Cl)cc(NC5CCCC5)c4[nH]3)cc2)CC1.Nc1ccc(-c2cc3cc(Cl)cc(NC4CCCC4)c3[nH]2)cc1. The Morgan fingerprint density at radius 3 is 1.47 bits per heavy atom. The molecule has 1 aliphatic heterocycles. The van der Waals surface area contributed by atoms with Crippen molar-refractivity contribution in [1.29, 1.82) is 0 Å². The number of fused-ring (bicyclic) bond motifs is 2. The Morgan fingerprint density at radius 2 is 1.00 bits per heavy atom. The molecule has 3 fully saturated rings. The fraction of sp³-hybridized carbons (Fsp3) is 0.364. The van der Waals surface area contributed by atoms with Crippen LogP contribution in [0.2, 0.25) is 10.0 Å². The Morgan fingerprint density at radius 1 is 0.566 bits per heavy atom. The fourth-order valence-electron chi connectivity index (χ4n) is 8.33. The van der Waals surface area contributed by atoms with Crippen molar-refractivity contribution in [3.05, 3.63) is 95.0 Å². The minimum atomic E-state index is 0.556. The average Bonchev–Trinajstić information content (AvgIpc) is 3.99. The number of H-pyrrole nitrogens is 2. The Labute approximate surface area is 323 Å². The topological polar surface area (TPSA) is 96.9 Å². The summed E-state index contributed by atoms with van der Waals surface area (Å²) >= 11 is 12.7. The number of likely N-dealkylation sites (tertiary alicyclic amines) is 1. The highest BCUT2D eigenvalue weighted by Gasteiger charge is 2.19. The number of aromatic nitrogens is 2. The third-order valence-corrected chi connectivity index (χ3v) is 11.8. The number of rotatable bonds is 8. The monoisotopic (exact) mass is 747 g/mol. The largest absolute Gasteiger partial charge is 0.399 e. The first-order valence-electron chi connectivity index (χ1n) is 19.4. The third-order valence-electron chi connectivity index (χ3n) is 11.3. The highest BCUT2D eigenvalue weighted by Crippen LogP contribution is 2.36. The van der Waals surface area contributed by atoms with Gasteiger partial charge in [-0.2, -0.15) is 0 Å². The van der Waals surface area contributed by atoms with Gasteiger partial charge in [0.2, 0.25) is 0 Å². The maximum Gasteiger partial charge on any atom is 0.0695 e. The average molecular weight is 749 g/mol. The lowest BCUT2D eigenvalue weighted by Crippen LogP contribution is -2.36. The van der Waals surface area contributed by atoms with Gasteiger partial charge in [-0.1, -0.05) is 73.2 Å². The molecule has 3 heterocycles. The molecule has 2 aromatic heterocycles. The van der Waals surface area contributed by atoms with Crippen molar-refractivity contribution in [2.45, 2.75) is 82.3 Å². The zero-order valence-corrected chi connectivity index (χ0v) is 32.1. The van der Waals surface area contributed by atoms with E-state index in [1.807, 2.05) is 42.5 Å². The van der Waals surface area contributed by atoms with Crippen molar-refractivity contribution in [3.8, 4) is 22.5 Å². The van der Waals surface area contributed by atoms with E-state index in [4.69, 9.17) is 28.9 Å². The van der Waals surface area contributed by atoms with Gasteiger partial charge in [0, 0.05) is 61.7 Å². The molecule has 1 saturated heterocycles. The van der Waals surface area contributed by atoms with Gasteiger partial charge in [-0.25, -0.2) is 0 Å². The van der Waals surface area contributed by atoms with E-state index < -0.39 is 0 Å². The number of hydrogen-bond donors (Lipinski definition) is 6. The number of aromatic amines is 2. The lowest BCUT2D eigenvalue weighted by molar-refractivity contribution is 0.264. The van der Waals surface area contributed by atoms with Crippen LogP contribution in [0.4, 0.5) is 22.7 Å². The predicted octanol–water partition coefficient (Wildman–Crippen LogP) is 11.8. The molecule has 2 saturated carbocycles. The number of anilines is 4. The van der Waals surface area contributed by atoms with Gasteiger partial charge >= 0.3 is 0 Å². The molecule has 9 rings (SSSR count). The maximum absolute atomic E-state index is 6.42. The molecule has 4 aromatic carbocycles. The Hall–Kier alpha value is -4.30. The number of hydrogen-bond acceptors (Lipinski definition) is 5. The molecular weight excluding hydrogens is 697 g/mol. The second-order valence-electron chi connectivity index (χ2n) is 15.4. The van der Waals surface area contributed by atoms with Crippen LogP contribution in [0, 0.1) is 0 Å². The van der Waals surface area contributed by atoms with Gasteiger partial charge in [-0.3, -0.25) is 0 Å². The zero-order chi connectivity index (χ0) is 36.3. The van der Waals surface area contributed by atoms with Gasteiger partial charge in [0.25, 0.3) is 0 Å². The summed E-state index contributed by atoms with van der Waals surface area (Å²) in [7, 11) is 2.20. The van der Waals surface area contributed by atoms with E-state index >= 15 is 0 Å². The first kappa shape index (κ1) is 35.7. The second kappa shape index (κ2) is 16.0. The molecular formula is C44H51Cl2N7. The number of nitrogens with one attached hydrogen (secondary N) is 5. The van der Waals surface area contributed by atoms with Crippen molar-refractivity contribution in [2.24, 2.45) is 0 Å². The van der Waals surface area contributed by atoms with Gasteiger partial charge in [0.1, 0.15) is 0 Å². The minimum absolute atomic E-state index is 0.556. The summed E-state index contributed by atoms with van der Waals surface area (Å²) in [4.78, 5) is 9.58. The summed E-state index contributed by atoms with van der Waals surface area (Å²) in [6, 6.07) is 30.9. The highest BCUT2D eigenvalue weighted by atomic mass is 35.5. The van der Waals surface area contributed by atoms with Crippen LogP contribution >= 0.6 is 23.2 Å². The van der Waals surface area contributed by atoms with E-state index in [1.54, 1.807) is 0 Å². The molecule has 0 amide bonds. The van der Waals surface area contributed by atoms with Crippen molar-refractivity contribution in [3.63, 3.8) is 0 Å². The Bertz CT molecular complexity index is 2130. The van der Waals surface area contributed by atoms with Crippen LogP contribution in [0.15, 0.2) is 84.9 Å². The van der Waals surface area contributed by atoms with Crippen LogP contribution in [0.3, 0.4) is 0 Å². The normalized spacial score (nSPS) is 17.3. The molecule has 276 valence electrons. The van der Waals surface area contributed by atoms with Crippen molar-refractivity contribution >= 4 is 67.8 Å². The number of nitrogen functional groups attached to an aromatic ring is 1. The van der Waals surface area contributed by atoms with E-state index in [9.17, 15) is 0 Å². The van der Waals surface area contributed by atoms with E-state index in [-0.39, 0.29) is 0 Å². The van der Waals surface area contributed by atoms with Crippen LogP contribution in [0.25, 0.3) is 44.3 Å². The number of nitrogens with zero attached hydrogens (tertiary/aromatic N) is 1. The number of benzene rings is 4. The molecule has 7 N–H and O–H groups in total. The lowest BCUT2D eigenvalue weighted by Gasteiger charge is -2.30. The van der Waals surface area contributed by atoms with Crippen LogP contribution < -0.4 is 21.7 Å². The highest BCUT2D eigenvalue weighted by molar-refractivity contribution is 6.32. The zero-order valence-electron chi connectivity index (χ0n) is 30.6. The standard InChI is InChI=1S/C25H31ClN4.C19H20ClN3/c1-30-12-10-22(11-13-30)27-21-8-6-17(7-9-21)23-15-18-14-19(26)16-24(25(18)29-23)28-20-4-2-3-5-20;20-14-9-13-10-17(12-5-7-15(21)8-6-12)23-19(13)18(11-14)22-16-3-1-2-4-16/h6-9,14-16,20,22,27-29H,2-5,10-13H2,1H3;5-11,16,22-23H,1-4,21H2. The van der Waals surface area contributed by atoms with Crippen LogP contribution in [0.5, 0.6) is 0 Å². The second-order valence-corrected chi connectivity index (χ2v) is 16.2. The first-order chi connectivity index (χ1) is 25.8. The van der Waals surface area contributed by atoms with Crippen LogP contribution in [-0.4, -0.2) is 53.1 Å².